The number of hydrogen-bond acceptors (Lipinski definition) is 3. The van der Waals surface area contributed by atoms with E-state index in [1.54, 1.807) is 0 Å². The van der Waals surface area contributed by atoms with Gasteiger partial charge < -0.3 is 15.2 Å². The zero-order valence-corrected chi connectivity index (χ0v) is 11.6. The van der Waals surface area contributed by atoms with Crippen molar-refractivity contribution in [2.45, 2.75) is 43.8 Å². The van der Waals surface area contributed by atoms with Gasteiger partial charge >= 0.3 is 6.09 Å². The number of aliphatic hydroxyl groups is 1. The summed E-state index contributed by atoms with van der Waals surface area (Å²) in [5.41, 5.74) is -0.170. The maximum absolute atomic E-state index is 13.2. The van der Waals surface area contributed by atoms with Crippen molar-refractivity contribution in [2.24, 2.45) is 0 Å². The first-order valence-electron chi connectivity index (χ1n) is 6.92. The van der Waals surface area contributed by atoms with Crippen molar-refractivity contribution in [3.8, 4) is 0 Å². The number of ether oxygens (including phenoxy) is 1. The third-order valence-electron chi connectivity index (χ3n) is 3.82. The van der Waals surface area contributed by atoms with Crippen molar-refractivity contribution in [1.29, 1.82) is 0 Å². The number of amides is 1. The van der Waals surface area contributed by atoms with Crippen molar-refractivity contribution in [3.63, 3.8) is 0 Å². The fourth-order valence-electron chi connectivity index (χ4n) is 2.39. The average molecular weight is 299 g/mol. The first-order chi connectivity index (χ1) is 9.95. The first kappa shape index (κ1) is 15.7. The monoisotopic (exact) mass is 299 g/mol. The van der Waals surface area contributed by atoms with E-state index in [-0.39, 0.29) is 38.9 Å². The Hall–Kier alpha value is -1.69. The van der Waals surface area contributed by atoms with Gasteiger partial charge in [-0.15, -0.1) is 0 Å². The summed E-state index contributed by atoms with van der Waals surface area (Å²) >= 11 is 0. The van der Waals surface area contributed by atoms with Crippen molar-refractivity contribution < 1.29 is 23.4 Å². The Bertz CT molecular complexity index is 469. The maximum atomic E-state index is 13.2. The van der Waals surface area contributed by atoms with Gasteiger partial charge in [0.15, 0.2) is 0 Å². The number of carbonyl (C=O) groups excluding carboxylic acids is 1. The van der Waals surface area contributed by atoms with Crippen molar-refractivity contribution >= 4 is 6.09 Å². The highest BCUT2D eigenvalue weighted by Crippen LogP contribution is 2.38. The van der Waals surface area contributed by atoms with Gasteiger partial charge in [0.05, 0.1) is 12.1 Å². The van der Waals surface area contributed by atoms with Crippen LogP contribution >= 0.6 is 0 Å². The van der Waals surface area contributed by atoms with E-state index in [4.69, 9.17) is 4.74 Å². The van der Waals surface area contributed by atoms with Crippen molar-refractivity contribution in [3.05, 3.63) is 35.9 Å². The third-order valence-corrected chi connectivity index (χ3v) is 3.82. The smallest absolute Gasteiger partial charge is 0.407 e. The van der Waals surface area contributed by atoms with Gasteiger partial charge in [0, 0.05) is 12.8 Å². The van der Waals surface area contributed by atoms with Crippen LogP contribution in [0.2, 0.25) is 0 Å². The molecule has 1 amide bonds. The summed E-state index contributed by atoms with van der Waals surface area (Å²) in [6, 6.07) is 9.14. The number of hydrogen-bond donors (Lipinski definition) is 2. The Morgan fingerprint density at radius 2 is 1.81 bits per heavy atom. The van der Waals surface area contributed by atoms with Crippen LogP contribution in [0.3, 0.4) is 0 Å². The predicted octanol–water partition coefficient (Wildman–Crippen LogP) is 2.85. The lowest BCUT2D eigenvalue weighted by Gasteiger charge is -2.38. The van der Waals surface area contributed by atoms with Crippen LogP contribution < -0.4 is 5.32 Å². The van der Waals surface area contributed by atoms with Crippen LogP contribution in [0.15, 0.2) is 30.3 Å². The minimum Gasteiger partial charge on any atom is -0.445 e. The molecule has 1 saturated carbocycles. The van der Waals surface area contributed by atoms with Crippen molar-refractivity contribution in [1.82, 2.24) is 5.32 Å². The lowest BCUT2D eigenvalue weighted by Crippen LogP contribution is -2.55. The number of aliphatic hydroxyl groups excluding tert-OH is 1. The van der Waals surface area contributed by atoms with E-state index in [9.17, 15) is 18.7 Å². The van der Waals surface area contributed by atoms with Gasteiger partial charge in [0.2, 0.25) is 5.92 Å². The van der Waals surface area contributed by atoms with E-state index in [1.807, 2.05) is 30.3 Å². The summed E-state index contributed by atoms with van der Waals surface area (Å²) in [5.74, 6) is -2.71. The molecule has 0 heterocycles. The zero-order chi connectivity index (χ0) is 15.3. The fourth-order valence-corrected chi connectivity index (χ4v) is 2.39. The van der Waals surface area contributed by atoms with Gasteiger partial charge in [-0.05, 0) is 18.4 Å². The number of alkyl halides is 2. The molecule has 0 bridgehead atoms. The molecule has 2 N–H and O–H groups in total. The van der Waals surface area contributed by atoms with E-state index >= 15 is 0 Å². The SMILES string of the molecule is O=C(NC1(CO)CCC(F)(F)CC1)OCc1ccccc1. The molecule has 0 spiro atoms. The summed E-state index contributed by atoms with van der Waals surface area (Å²) in [4.78, 5) is 11.8. The van der Waals surface area contributed by atoms with Crippen molar-refractivity contribution in [2.75, 3.05) is 6.61 Å². The summed E-state index contributed by atoms with van der Waals surface area (Å²) < 4.78 is 31.4. The Balaban J connectivity index is 1.86. The van der Waals surface area contributed by atoms with Crippen LogP contribution in [-0.2, 0) is 11.3 Å². The molecule has 1 aromatic carbocycles. The second-order valence-electron chi connectivity index (χ2n) is 5.48. The van der Waals surface area contributed by atoms with Gasteiger partial charge in [-0.25, -0.2) is 13.6 Å². The van der Waals surface area contributed by atoms with E-state index in [0.717, 1.165) is 5.56 Å². The van der Waals surface area contributed by atoms with Gasteiger partial charge in [0.25, 0.3) is 0 Å². The molecular weight excluding hydrogens is 280 g/mol. The molecule has 6 heteroatoms. The standard InChI is InChI=1S/C15H19F2NO3/c16-15(17)8-6-14(11-19,7-9-15)18-13(20)21-10-12-4-2-1-3-5-12/h1-5,19H,6-11H2,(H,18,20). The fraction of sp³-hybridized carbons (Fsp3) is 0.533. The van der Waals surface area contributed by atoms with E-state index in [0.29, 0.717) is 0 Å². The number of nitrogens with one attached hydrogen (secondary N) is 1. The molecule has 0 unspecified atom stereocenters. The molecule has 1 fully saturated rings. The molecule has 1 aliphatic carbocycles. The number of benzene rings is 1. The van der Waals surface area contributed by atoms with Crippen LogP contribution in [0.5, 0.6) is 0 Å². The Labute approximate surface area is 122 Å². The van der Waals surface area contributed by atoms with E-state index in [1.165, 1.54) is 0 Å². The molecule has 2 rings (SSSR count). The molecule has 4 nitrogen and oxygen atoms in total. The molecule has 0 radical (unpaired) electrons. The molecule has 21 heavy (non-hydrogen) atoms. The molecule has 0 aliphatic heterocycles. The summed E-state index contributed by atoms with van der Waals surface area (Å²) in [6.07, 6.45) is -1.30. The normalized spacial score (nSPS) is 19.8. The molecule has 0 saturated heterocycles. The molecule has 1 aromatic rings. The van der Waals surface area contributed by atoms with Crippen LogP contribution in [0.4, 0.5) is 13.6 Å². The van der Waals surface area contributed by atoms with Gasteiger partial charge in [-0.2, -0.15) is 0 Å². The molecule has 1 aliphatic rings. The number of carbonyl (C=O) groups is 1. The topological polar surface area (TPSA) is 58.6 Å². The molecular formula is C15H19F2NO3. The summed E-state index contributed by atoms with van der Waals surface area (Å²) in [7, 11) is 0. The second-order valence-corrected chi connectivity index (χ2v) is 5.48. The van der Waals surface area contributed by atoms with Gasteiger partial charge in [-0.3, -0.25) is 0 Å². The first-order valence-corrected chi connectivity index (χ1v) is 6.92. The third kappa shape index (κ3) is 4.39. The van der Waals surface area contributed by atoms with Crippen LogP contribution in [0, 0.1) is 0 Å². The minimum absolute atomic E-state index is 0.0386. The van der Waals surface area contributed by atoms with Crippen LogP contribution in [0.25, 0.3) is 0 Å². The number of halogens is 2. The zero-order valence-electron chi connectivity index (χ0n) is 11.6. The minimum atomic E-state index is -2.71. The average Bonchev–Trinajstić information content (AvgIpc) is 2.49. The second kappa shape index (κ2) is 6.39. The quantitative estimate of drug-likeness (QED) is 0.899. The van der Waals surface area contributed by atoms with E-state index < -0.39 is 17.6 Å². The largest absolute Gasteiger partial charge is 0.445 e. The van der Waals surface area contributed by atoms with E-state index in [2.05, 4.69) is 5.32 Å². The highest BCUT2D eigenvalue weighted by Gasteiger charge is 2.44. The molecule has 0 aromatic heterocycles. The summed E-state index contributed by atoms with van der Waals surface area (Å²) in [6.45, 7) is -0.270. The molecule has 0 atom stereocenters. The summed E-state index contributed by atoms with van der Waals surface area (Å²) in [5, 5.41) is 12.0. The Morgan fingerprint density at radius 3 is 2.38 bits per heavy atom. The highest BCUT2D eigenvalue weighted by atomic mass is 19.3. The number of alkyl carbamates (subject to hydrolysis) is 1. The number of rotatable bonds is 4. The lowest BCUT2D eigenvalue weighted by molar-refractivity contribution is -0.0632. The predicted molar refractivity (Wildman–Crippen MR) is 73.0 cm³/mol. The van der Waals surface area contributed by atoms with Gasteiger partial charge in [-0.1, -0.05) is 30.3 Å². The van der Waals surface area contributed by atoms with Crippen LogP contribution in [-0.4, -0.2) is 29.3 Å². The van der Waals surface area contributed by atoms with Crippen LogP contribution in [0.1, 0.15) is 31.2 Å². The van der Waals surface area contributed by atoms with Gasteiger partial charge in [0.1, 0.15) is 6.61 Å². The Morgan fingerprint density at radius 1 is 1.19 bits per heavy atom. The lowest BCUT2D eigenvalue weighted by atomic mass is 9.80. The highest BCUT2D eigenvalue weighted by molar-refractivity contribution is 5.68. The Kier molecular flexibility index (Phi) is 4.77. The molecule has 116 valence electrons. The maximum Gasteiger partial charge on any atom is 0.407 e.